The highest BCUT2D eigenvalue weighted by atomic mass is 32.1. The van der Waals surface area contributed by atoms with Gasteiger partial charge in [-0.25, -0.2) is 0 Å². The molecule has 0 saturated heterocycles. The summed E-state index contributed by atoms with van der Waals surface area (Å²) in [4.78, 5) is 2.21. The van der Waals surface area contributed by atoms with Crippen molar-refractivity contribution in [3.8, 4) is 6.07 Å². The summed E-state index contributed by atoms with van der Waals surface area (Å²) in [6.45, 7) is 2.26. The van der Waals surface area contributed by atoms with Crippen LogP contribution in [-0.2, 0) is 6.42 Å². The number of rotatable bonds is 9. The molecule has 1 heterocycles. The summed E-state index contributed by atoms with van der Waals surface area (Å²) in [6.07, 6.45) is 12.1. The van der Waals surface area contributed by atoms with Gasteiger partial charge in [-0.3, -0.25) is 0 Å². The van der Waals surface area contributed by atoms with E-state index in [0.717, 1.165) is 11.3 Å². The van der Waals surface area contributed by atoms with Crippen LogP contribution < -0.4 is 0 Å². The molecular formula is C15H23NS. The quantitative estimate of drug-likeness (QED) is 0.544. The molecule has 0 spiro atoms. The Morgan fingerprint density at radius 2 is 1.65 bits per heavy atom. The molecule has 0 aromatic carbocycles. The second kappa shape index (κ2) is 9.24. The van der Waals surface area contributed by atoms with Crippen molar-refractivity contribution in [2.75, 3.05) is 0 Å². The molecule has 1 rings (SSSR count). The minimum atomic E-state index is 0.847. The number of thiophene rings is 1. The molecule has 0 amide bonds. The van der Waals surface area contributed by atoms with Crippen LogP contribution in [0.25, 0.3) is 0 Å². The maximum absolute atomic E-state index is 8.72. The Bertz CT molecular complexity index is 335. The van der Waals surface area contributed by atoms with Crippen LogP contribution in [0.4, 0.5) is 0 Å². The molecule has 94 valence electrons. The first-order chi connectivity index (χ1) is 8.36. The van der Waals surface area contributed by atoms with Crippen LogP contribution in [-0.4, -0.2) is 0 Å². The Hall–Kier alpha value is -0.810. The van der Waals surface area contributed by atoms with Crippen LogP contribution in [0.15, 0.2) is 12.1 Å². The van der Waals surface area contributed by atoms with Crippen molar-refractivity contribution < 1.29 is 0 Å². The average molecular weight is 249 g/mol. The van der Waals surface area contributed by atoms with Crippen molar-refractivity contribution in [3.05, 3.63) is 21.9 Å². The van der Waals surface area contributed by atoms with Gasteiger partial charge in [-0.15, -0.1) is 11.3 Å². The molecule has 0 unspecified atom stereocenters. The maximum atomic E-state index is 8.72. The van der Waals surface area contributed by atoms with Crippen LogP contribution in [0.2, 0.25) is 0 Å². The van der Waals surface area contributed by atoms with Gasteiger partial charge in [-0.2, -0.15) is 5.26 Å². The van der Waals surface area contributed by atoms with Crippen molar-refractivity contribution in [3.63, 3.8) is 0 Å². The third kappa shape index (κ3) is 6.48. The van der Waals surface area contributed by atoms with Gasteiger partial charge in [0.05, 0.1) is 0 Å². The third-order valence-electron chi connectivity index (χ3n) is 3.05. The highest BCUT2D eigenvalue weighted by Crippen LogP contribution is 2.18. The van der Waals surface area contributed by atoms with Crippen LogP contribution in [0.5, 0.6) is 0 Å². The molecule has 0 radical (unpaired) electrons. The Kier molecular flexibility index (Phi) is 7.75. The number of nitriles is 1. The fourth-order valence-electron chi connectivity index (χ4n) is 2.01. The van der Waals surface area contributed by atoms with Gasteiger partial charge in [0.1, 0.15) is 10.9 Å². The van der Waals surface area contributed by atoms with Crippen molar-refractivity contribution in [1.29, 1.82) is 5.26 Å². The van der Waals surface area contributed by atoms with E-state index in [1.165, 1.54) is 56.2 Å². The van der Waals surface area contributed by atoms with Crippen molar-refractivity contribution in [2.45, 2.75) is 64.7 Å². The number of hydrogen-bond acceptors (Lipinski definition) is 2. The lowest BCUT2D eigenvalue weighted by atomic mass is 10.1. The molecule has 0 saturated carbocycles. The minimum absolute atomic E-state index is 0.847. The number of unbranched alkanes of at least 4 members (excludes halogenated alkanes) is 7. The van der Waals surface area contributed by atoms with E-state index in [-0.39, 0.29) is 0 Å². The molecule has 0 aliphatic carbocycles. The topological polar surface area (TPSA) is 23.8 Å². The van der Waals surface area contributed by atoms with E-state index in [4.69, 9.17) is 5.26 Å². The molecule has 1 aromatic heterocycles. The Labute approximate surface area is 109 Å². The fourth-order valence-corrected chi connectivity index (χ4v) is 2.85. The largest absolute Gasteiger partial charge is 0.192 e. The highest BCUT2D eigenvalue weighted by Gasteiger charge is 1.99. The first kappa shape index (κ1) is 14.3. The van der Waals surface area contributed by atoms with Gasteiger partial charge in [0.25, 0.3) is 0 Å². The van der Waals surface area contributed by atoms with Crippen molar-refractivity contribution >= 4 is 11.3 Å². The maximum Gasteiger partial charge on any atom is 0.110 e. The van der Waals surface area contributed by atoms with Gasteiger partial charge >= 0.3 is 0 Å². The second-order valence-electron chi connectivity index (χ2n) is 4.60. The monoisotopic (exact) mass is 249 g/mol. The average Bonchev–Trinajstić information content (AvgIpc) is 2.80. The molecule has 0 aliphatic heterocycles. The molecule has 0 aliphatic rings. The lowest BCUT2D eigenvalue weighted by molar-refractivity contribution is 0.576. The van der Waals surface area contributed by atoms with Crippen molar-refractivity contribution in [1.82, 2.24) is 0 Å². The Balaban J connectivity index is 1.95. The highest BCUT2D eigenvalue weighted by molar-refractivity contribution is 7.12. The number of hydrogen-bond donors (Lipinski definition) is 0. The summed E-state index contributed by atoms with van der Waals surface area (Å²) < 4.78 is 0. The van der Waals surface area contributed by atoms with Gasteiger partial charge in [0, 0.05) is 4.88 Å². The second-order valence-corrected chi connectivity index (χ2v) is 5.77. The lowest BCUT2D eigenvalue weighted by Crippen LogP contribution is -1.83. The summed E-state index contributed by atoms with van der Waals surface area (Å²) in [5.74, 6) is 0. The Morgan fingerprint density at radius 3 is 2.24 bits per heavy atom. The molecule has 0 fully saturated rings. The summed E-state index contributed by atoms with van der Waals surface area (Å²) in [6, 6.07) is 6.23. The van der Waals surface area contributed by atoms with E-state index < -0.39 is 0 Å². The first-order valence-corrected chi connectivity index (χ1v) is 7.67. The molecule has 2 heteroatoms. The van der Waals surface area contributed by atoms with E-state index in [1.807, 2.05) is 6.07 Å². The van der Waals surface area contributed by atoms with Gasteiger partial charge < -0.3 is 0 Å². The summed E-state index contributed by atoms with van der Waals surface area (Å²) in [5.41, 5.74) is 0. The normalized spacial score (nSPS) is 10.4. The van der Waals surface area contributed by atoms with Crippen LogP contribution in [0, 0.1) is 11.3 Å². The first-order valence-electron chi connectivity index (χ1n) is 6.85. The van der Waals surface area contributed by atoms with Crippen LogP contribution in [0.3, 0.4) is 0 Å². The Morgan fingerprint density at radius 1 is 1.00 bits per heavy atom. The SMILES string of the molecule is CCCCCCCCCCc1ccc(C#N)s1. The minimum Gasteiger partial charge on any atom is -0.192 e. The summed E-state index contributed by atoms with van der Waals surface area (Å²) in [5, 5.41) is 8.72. The third-order valence-corrected chi connectivity index (χ3v) is 4.10. The predicted octanol–water partition coefficient (Wildman–Crippen LogP) is 5.30. The molecule has 1 nitrogen and oxygen atoms in total. The molecule has 17 heavy (non-hydrogen) atoms. The van der Waals surface area contributed by atoms with Crippen molar-refractivity contribution in [2.24, 2.45) is 0 Å². The molecule has 0 bridgehead atoms. The molecular weight excluding hydrogens is 226 g/mol. The van der Waals surface area contributed by atoms with E-state index >= 15 is 0 Å². The molecule has 0 atom stereocenters. The van der Waals surface area contributed by atoms with E-state index in [9.17, 15) is 0 Å². The fraction of sp³-hybridized carbons (Fsp3) is 0.667. The van der Waals surface area contributed by atoms with E-state index in [0.29, 0.717) is 0 Å². The van der Waals surface area contributed by atoms with Gasteiger partial charge in [0.15, 0.2) is 0 Å². The molecule has 0 N–H and O–H groups in total. The van der Waals surface area contributed by atoms with Gasteiger partial charge in [-0.1, -0.05) is 51.9 Å². The number of aryl methyl sites for hydroxylation is 1. The van der Waals surface area contributed by atoms with Crippen LogP contribution >= 0.6 is 11.3 Å². The zero-order valence-corrected chi connectivity index (χ0v) is 11.7. The van der Waals surface area contributed by atoms with E-state index in [2.05, 4.69) is 19.1 Å². The summed E-state index contributed by atoms with van der Waals surface area (Å²) in [7, 11) is 0. The predicted molar refractivity (Wildman–Crippen MR) is 75.3 cm³/mol. The smallest absolute Gasteiger partial charge is 0.110 e. The zero-order valence-electron chi connectivity index (χ0n) is 10.9. The van der Waals surface area contributed by atoms with Crippen LogP contribution in [0.1, 0.15) is 68.0 Å². The standard InChI is InChI=1S/C15H23NS/c1-2-3-4-5-6-7-8-9-10-14-11-12-15(13-16)17-14/h11-12H,2-10H2,1H3. The number of nitrogens with zero attached hydrogens (tertiary/aromatic N) is 1. The zero-order chi connectivity index (χ0) is 12.3. The van der Waals surface area contributed by atoms with E-state index in [1.54, 1.807) is 11.3 Å². The molecule has 1 aromatic rings. The van der Waals surface area contributed by atoms with Gasteiger partial charge in [0.2, 0.25) is 0 Å². The lowest BCUT2D eigenvalue weighted by Gasteiger charge is -2.00. The van der Waals surface area contributed by atoms with Gasteiger partial charge in [-0.05, 0) is 25.0 Å². The summed E-state index contributed by atoms with van der Waals surface area (Å²) >= 11 is 1.65.